The van der Waals surface area contributed by atoms with Gasteiger partial charge in [0, 0.05) is 20.2 Å². The number of hydrogen-bond acceptors (Lipinski definition) is 5. The molecule has 88 valence electrons. The molecule has 1 aromatic heterocycles. The lowest BCUT2D eigenvalue weighted by atomic mass is 10.3. The highest BCUT2D eigenvalue weighted by molar-refractivity contribution is 5.92. The van der Waals surface area contributed by atoms with Crippen LogP contribution in [0.2, 0.25) is 0 Å². The fraction of sp³-hybridized carbons (Fsp3) is 0.500. The van der Waals surface area contributed by atoms with Crippen LogP contribution < -0.4 is 5.73 Å². The third kappa shape index (κ3) is 3.16. The predicted octanol–water partition coefficient (Wildman–Crippen LogP) is 0.167. The minimum Gasteiger partial charge on any atom is -0.383 e. The molecule has 0 saturated heterocycles. The molecule has 0 radical (unpaired) electrons. The maximum absolute atomic E-state index is 11.9. The second-order valence-electron chi connectivity index (χ2n) is 3.21. The summed E-state index contributed by atoms with van der Waals surface area (Å²) in [7, 11) is 1.60. The number of methoxy groups -OCH3 is 1. The van der Waals surface area contributed by atoms with Gasteiger partial charge in [0.1, 0.15) is 11.5 Å². The average molecular weight is 224 g/mol. The normalized spacial score (nSPS) is 10.1. The molecule has 2 N–H and O–H groups in total. The largest absolute Gasteiger partial charge is 0.383 e. The molecule has 6 heteroatoms. The van der Waals surface area contributed by atoms with Gasteiger partial charge in [0.05, 0.1) is 19.0 Å². The summed E-state index contributed by atoms with van der Waals surface area (Å²) in [6.07, 6.45) is 2.82. The number of rotatable bonds is 5. The van der Waals surface area contributed by atoms with Gasteiger partial charge in [-0.05, 0) is 6.92 Å². The molecular weight excluding hydrogens is 208 g/mol. The summed E-state index contributed by atoms with van der Waals surface area (Å²) < 4.78 is 4.93. The highest BCUT2D eigenvalue weighted by atomic mass is 16.5. The number of nitrogens with two attached hydrogens (primary N) is 1. The number of hydrogen-bond donors (Lipinski definition) is 1. The molecule has 6 nitrogen and oxygen atoms in total. The summed E-state index contributed by atoms with van der Waals surface area (Å²) >= 11 is 0. The molecular formula is C10H16N4O2. The van der Waals surface area contributed by atoms with E-state index in [2.05, 4.69) is 9.97 Å². The summed E-state index contributed by atoms with van der Waals surface area (Å²) in [6, 6.07) is 0. The third-order valence-electron chi connectivity index (χ3n) is 2.11. The minimum absolute atomic E-state index is 0.181. The Morgan fingerprint density at radius 3 is 2.88 bits per heavy atom. The second kappa shape index (κ2) is 6.02. The predicted molar refractivity (Wildman–Crippen MR) is 59.9 cm³/mol. The van der Waals surface area contributed by atoms with Gasteiger partial charge < -0.3 is 15.4 Å². The SMILES string of the molecule is CCN(CCOC)C(=O)c1cncc(N)n1. The standard InChI is InChI=1S/C10H16N4O2/c1-3-14(4-5-16-2)10(15)8-6-12-7-9(11)13-8/h6-7H,3-5H2,1-2H3,(H2,11,13). The molecule has 0 aliphatic rings. The van der Waals surface area contributed by atoms with E-state index in [1.165, 1.54) is 12.4 Å². The van der Waals surface area contributed by atoms with Crippen LogP contribution in [0, 0.1) is 0 Å². The molecule has 0 spiro atoms. The fourth-order valence-corrected chi connectivity index (χ4v) is 1.25. The Hall–Kier alpha value is -1.69. The summed E-state index contributed by atoms with van der Waals surface area (Å²) in [5, 5.41) is 0. The summed E-state index contributed by atoms with van der Waals surface area (Å²) in [4.78, 5) is 21.3. The lowest BCUT2D eigenvalue weighted by Crippen LogP contribution is -2.34. The van der Waals surface area contributed by atoms with Crippen LogP contribution in [-0.4, -0.2) is 47.6 Å². The van der Waals surface area contributed by atoms with Gasteiger partial charge in [0.25, 0.3) is 5.91 Å². The van der Waals surface area contributed by atoms with E-state index in [1.54, 1.807) is 12.0 Å². The van der Waals surface area contributed by atoms with E-state index in [0.717, 1.165) is 0 Å². The lowest BCUT2D eigenvalue weighted by Gasteiger charge is -2.19. The van der Waals surface area contributed by atoms with Crippen molar-refractivity contribution in [2.45, 2.75) is 6.92 Å². The molecule has 0 bridgehead atoms. The van der Waals surface area contributed by atoms with Crippen molar-refractivity contribution in [2.24, 2.45) is 0 Å². The highest BCUT2D eigenvalue weighted by Crippen LogP contribution is 2.02. The number of likely N-dealkylation sites (N-methyl/N-ethyl adjacent to an activating group) is 1. The van der Waals surface area contributed by atoms with E-state index >= 15 is 0 Å². The van der Waals surface area contributed by atoms with E-state index in [4.69, 9.17) is 10.5 Å². The number of nitrogens with zero attached hydrogens (tertiary/aromatic N) is 3. The van der Waals surface area contributed by atoms with Gasteiger partial charge in [-0.25, -0.2) is 4.98 Å². The molecule has 0 atom stereocenters. The van der Waals surface area contributed by atoms with Crippen LogP contribution in [0.25, 0.3) is 0 Å². The van der Waals surface area contributed by atoms with Crippen LogP contribution in [-0.2, 0) is 4.74 Å². The Morgan fingerprint density at radius 2 is 2.31 bits per heavy atom. The zero-order valence-corrected chi connectivity index (χ0v) is 9.51. The molecule has 16 heavy (non-hydrogen) atoms. The fourth-order valence-electron chi connectivity index (χ4n) is 1.25. The van der Waals surface area contributed by atoms with Crippen molar-refractivity contribution >= 4 is 11.7 Å². The Labute approximate surface area is 94.4 Å². The van der Waals surface area contributed by atoms with Crippen molar-refractivity contribution in [1.29, 1.82) is 0 Å². The Morgan fingerprint density at radius 1 is 1.56 bits per heavy atom. The van der Waals surface area contributed by atoms with Gasteiger partial charge in [0.2, 0.25) is 0 Å². The van der Waals surface area contributed by atoms with Gasteiger partial charge >= 0.3 is 0 Å². The molecule has 0 aliphatic carbocycles. The highest BCUT2D eigenvalue weighted by Gasteiger charge is 2.15. The molecule has 1 heterocycles. The van der Waals surface area contributed by atoms with Gasteiger partial charge in [-0.2, -0.15) is 0 Å². The van der Waals surface area contributed by atoms with Crippen LogP contribution in [0.4, 0.5) is 5.82 Å². The topological polar surface area (TPSA) is 81.3 Å². The molecule has 1 rings (SSSR count). The number of nitrogen functional groups attached to an aromatic ring is 1. The third-order valence-corrected chi connectivity index (χ3v) is 2.11. The second-order valence-corrected chi connectivity index (χ2v) is 3.21. The molecule has 0 aromatic carbocycles. The zero-order valence-electron chi connectivity index (χ0n) is 9.51. The van der Waals surface area contributed by atoms with Crippen molar-refractivity contribution in [2.75, 3.05) is 32.5 Å². The first kappa shape index (κ1) is 12.4. The van der Waals surface area contributed by atoms with Gasteiger partial charge in [-0.3, -0.25) is 9.78 Å². The van der Waals surface area contributed by atoms with Crippen molar-refractivity contribution in [1.82, 2.24) is 14.9 Å². The average Bonchev–Trinajstić information content (AvgIpc) is 2.29. The van der Waals surface area contributed by atoms with Crippen LogP contribution in [0.3, 0.4) is 0 Å². The lowest BCUT2D eigenvalue weighted by molar-refractivity contribution is 0.0700. The molecule has 0 saturated carbocycles. The number of ether oxygens (including phenoxy) is 1. The van der Waals surface area contributed by atoms with Crippen molar-refractivity contribution in [3.05, 3.63) is 18.1 Å². The molecule has 0 fully saturated rings. The number of aromatic nitrogens is 2. The van der Waals surface area contributed by atoms with E-state index in [1.807, 2.05) is 6.92 Å². The van der Waals surface area contributed by atoms with Crippen LogP contribution in [0.5, 0.6) is 0 Å². The van der Waals surface area contributed by atoms with Crippen molar-refractivity contribution < 1.29 is 9.53 Å². The maximum Gasteiger partial charge on any atom is 0.274 e. The number of amides is 1. The monoisotopic (exact) mass is 224 g/mol. The first-order chi connectivity index (χ1) is 7.69. The Kier molecular flexibility index (Phi) is 4.65. The van der Waals surface area contributed by atoms with Crippen LogP contribution >= 0.6 is 0 Å². The van der Waals surface area contributed by atoms with Crippen LogP contribution in [0.1, 0.15) is 17.4 Å². The molecule has 1 aromatic rings. The molecule has 1 amide bonds. The maximum atomic E-state index is 11.9. The quantitative estimate of drug-likeness (QED) is 0.770. The number of anilines is 1. The number of carbonyl (C=O) groups excluding carboxylic acids is 1. The summed E-state index contributed by atoms with van der Waals surface area (Å²) in [6.45, 7) is 3.52. The number of carbonyl (C=O) groups is 1. The Balaban J connectivity index is 2.74. The van der Waals surface area contributed by atoms with Gasteiger partial charge in [0.15, 0.2) is 0 Å². The zero-order chi connectivity index (χ0) is 12.0. The smallest absolute Gasteiger partial charge is 0.274 e. The van der Waals surface area contributed by atoms with Gasteiger partial charge in [-0.1, -0.05) is 0 Å². The minimum atomic E-state index is -0.181. The molecule has 0 unspecified atom stereocenters. The van der Waals surface area contributed by atoms with Crippen molar-refractivity contribution in [3.63, 3.8) is 0 Å². The first-order valence-corrected chi connectivity index (χ1v) is 5.04. The summed E-state index contributed by atoms with van der Waals surface area (Å²) in [5.41, 5.74) is 5.73. The van der Waals surface area contributed by atoms with Gasteiger partial charge in [-0.15, -0.1) is 0 Å². The van der Waals surface area contributed by atoms with Crippen molar-refractivity contribution in [3.8, 4) is 0 Å². The van der Waals surface area contributed by atoms with Crippen LogP contribution in [0.15, 0.2) is 12.4 Å². The van der Waals surface area contributed by atoms with E-state index in [-0.39, 0.29) is 17.4 Å². The van der Waals surface area contributed by atoms with E-state index < -0.39 is 0 Å². The van der Waals surface area contributed by atoms with E-state index in [0.29, 0.717) is 19.7 Å². The summed E-state index contributed by atoms with van der Waals surface area (Å²) in [5.74, 6) is 0.0630. The first-order valence-electron chi connectivity index (χ1n) is 5.04. The van der Waals surface area contributed by atoms with E-state index in [9.17, 15) is 4.79 Å². The molecule has 0 aliphatic heterocycles. The Bertz CT molecular complexity index is 356.